The molecule has 2 N–H and O–H groups in total. The molecule has 0 spiro atoms. The van der Waals surface area contributed by atoms with E-state index in [-0.39, 0.29) is 5.69 Å². The minimum Gasteiger partial charge on any atom is -0.495 e. The zero-order valence-electron chi connectivity index (χ0n) is 13.4. The van der Waals surface area contributed by atoms with Gasteiger partial charge in [-0.1, -0.05) is 23.7 Å². The molecule has 130 valence electrons. The Morgan fingerprint density at radius 2 is 1.80 bits per heavy atom. The van der Waals surface area contributed by atoms with Gasteiger partial charge in [0.15, 0.2) is 0 Å². The van der Waals surface area contributed by atoms with Gasteiger partial charge in [0.05, 0.1) is 17.8 Å². The monoisotopic (exact) mass is 362 g/mol. The Balaban J connectivity index is 1.72. The normalized spacial score (nSPS) is 14.5. The third-order valence-electron chi connectivity index (χ3n) is 4.15. The number of carbonyl (C=O) groups excluding carboxylic acids is 2. The second kappa shape index (κ2) is 6.72. The number of rotatable bonds is 5. The van der Waals surface area contributed by atoms with Gasteiger partial charge in [0.2, 0.25) is 11.8 Å². The minimum atomic E-state index is -1.19. The molecule has 3 rings (SSSR count). The number of hydrogen-bond acceptors (Lipinski definition) is 3. The van der Waals surface area contributed by atoms with Crippen LogP contribution >= 0.6 is 11.6 Å². The van der Waals surface area contributed by atoms with Crippen molar-refractivity contribution in [3.05, 3.63) is 53.3 Å². The van der Waals surface area contributed by atoms with E-state index in [0.29, 0.717) is 29.3 Å². The van der Waals surface area contributed by atoms with Crippen LogP contribution < -0.4 is 15.4 Å². The lowest BCUT2D eigenvalue weighted by Crippen LogP contribution is -2.35. The van der Waals surface area contributed by atoms with Gasteiger partial charge in [-0.3, -0.25) is 9.59 Å². The Hall–Kier alpha value is -2.60. The van der Waals surface area contributed by atoms with E-state index >= 15 is 0 Å². The summed E-state index contributed by atoms with van der Waals surface area (Å²) >= 11 is 6.03. The number of anilines is 2. The van der Waals surface area contributed by atoms with Crippen LogP contribution in [0.25, 0.3) is 0 Å². The predicted molar refractivity (Wildman–Crippen MR) is 93.3 cm³/mol. The molecule has 0 radical (unpaired) electrons. The SMILES string of the molecule is COc1ccc(NC(=O)C2(C(=O)Nc3ccccc3F)CC2)cc1Cl. The van der Waals surface area contributed by atoms with E-state index in [2.05, 4.69) is 10.6 Å². The van der Waals surface area contributed by atoms with Crippen molar-refractivity contribution < 1.29 is 18.7 Å². The number of halogens is 2. The highest BCUT2D eigenvalue weighted by molar-refractivity contribution is 6.32. The fourth-order valence-electron chi connectivity index (χ4n) is 2.48. The summed E-state index contributed by atoms with van der Waals surface area (Å²) in [6.45, 7) is 0. The highest BCUT2D eigenvalue weighted by Crippen LogP contribution is 2.47. The van der Waals surface area contributed by atoms with Crippen LogP contribution in [0.3, 0.4) is 0 Å². The van der Waals surface area contributed by atoms with Crippen molar-refractivity contribution in [1.29, 1.82) is 0 Å². The number of benzene rings is 2. The summed E-state index contributed by atoms with van der Waals surface area (Å²) in [6.07, 6.45) is 0.812. The van der Waals surface area contributed by atoms with Gasteiger partial charge in [-0.25, -0.2) is 4.39 Å². The lowest BCUT2D eigenvalue weighted by atomic mass is 10.0. The van der Waals surface area contributed by atoms with Crippen molar-refractivity contribution >= 4 is 34.8 Å². The molecule has 1 aliphatic carbocycles. The summed E-state index contributed by atoms with van der Waals surface area (Å²) < 4.78 is 18.7. The number of hydrogen-bond donors (Lipinski definition) is 2. The number of para-hydroxylation sites is 1. The molecule has 1 aliphatic rings. The van der Waals surface area contributed by atoms with E-state index in [1.165, 1.54) is 25.3 Å². The molecule has 2 aromatic rings. The molecule has 0 bridgehead atoms. The van der Waals surface area contributed by atoms with Crippen LogP contribution in [0.5, 0.6) is 5.75 Å². The van der Waals surface area contributed by atoms with Gasteiger partial charge < -0.3 is 15.4 Å². The van der Waals surface area contributed by atoms with Crippen LogP contribution in [0, 0.1) is 11.2 Å². The second-order valence-electron chi connectivity index (χ2n) is 5.82. The number of methoxy groups -OCH3 is 1. The molecule has 7 heteroatoms. The fraction of sp³-hybridized carbons (Fsp3) is 0.222. The fourth-order valence-corrected chi connectivity index (χ4v) is 2.74. The van der Waals surface area contributed by atoms with Crippen molar-refractivity contribution in [3.8, 4) is 5.75 Å². The van der Waals surface area contributed by atoms with Crippen LogP contribution in [-0.4, -0.2) is 18.9 Å². The van der Waals surface area contributed by atoms with E-state index in [1.807, 2.05) is 0 Å². The van der Waals surface area contributed by atoms with Crippen molar-refractivity contribution in [3.63, 3.8) is 0 Å². The van der Waals surface area contributed by atoms with Crippen LogP contribution in [-0.2, 0) is 9.59 Å². The summed E-state index contributed by atoms with van der Waals surface area (Å²) in [5.41, 5.74) is -0.672. The van der Waals surface area contributed by atoms with Crippen molar-refractivity contribution in [2.75, 3.05) is 17.7 Å². The van der Waals surface area contributed by atoms with Crippen LogP contribution in [0.15, 0.2) is 42.5 Å². The van der Waals surface area contributed by atoms with Crippen LogP contribution in [0.1, 0.15) is 12.8 Å². The van der Waals surface area contributed by atoms with E-state index in [9.17, 15) is 14.0 Å². The molecule has 1 saturated carbocycles. The van der Waals surface area contributed by atoms with Crippen LogP contribution in [0.2, 0.25) is 5.02 Å². The predicted octanol–water partition coefficient (Wildman–Crippen LogP) is 3.85. The minimum absolute atomic E-state index is 0.0547. The molecule has 0 saturated heterocycles. The Bertz CT molecular complexity index is 837. The number of ether oxygens (including phenoxy) is 1. The molecule has 2 aromatic carbocycles. The Morgan fingerprint density at radius 1 is 1.12 bits per heavy atom. The molecule has 25 heavy (non-hydrogen) atoms. The average Bonchev–Trinajstić information content (AvgIpc) is 3.39. The molecule has 0 unspecified atom stereocenters. The standard InChI is InChI=1S/C18H16ClFN2O3/c1-25-15-7-6-11(10-12(15)19)21-16(23)18(8-9-18)17(24)22-14-5-3-2-4-13(14)20/h2-7,10H,8-9H2,1H3,(H,21,23)(H,22,24). The molecule has 5 nitrogen and oxygen atoms in total. The smallest absolute Gasteiger partial charge is 0.240 e. The van der Waals surface area contributed by atoms with Gasteiger partial charge in [0.1, 0.15) is 17.0 Å². The largest absolute Gasteiger partial charge is 0.495 e. The first kappa shape index (κ1) is 17.2. The second-order valence-corrected chi connectivity index (χ2v) is 6.23. The number of carbonyl (C=O) groups is 2. The van der Waals surface area contributed by atoms with E-state index in [4.69, 9.17) is 16.3 Å². The van der Waals surface area contributed by atoms with E-state index in [0.717, 1.165) is 0 Å². The molecule has 0 aliphatic heterocycles. The third-order valence-corrected chi connectivity index (χ3v) is 4.45. The van der Waals surface area contributed by atoms with Crippen molar-refractivity contribution in [2.24, 2.45) is 5.41 Å². The Morgan fingerprint density at radius 3 is 2.40 bits per heavy atom. The topological polar surface area (TPSA) is 67.4 Å². The molecule has 0 atom stereocenters. The average molecular weight is 363 g/mol. The summed E-state index contributed by atoms with van der Waals surface area (Å²) in [6, 6.07) is 10.6. The molecule has 0 heterocycles. The summed E-state index contributed by atoms with van der Waals surface area (Å²) in [5, 5.41) is 5.52. The molecular weight excluding hydrogens is 347 g/mol. The maximum atomic E-state index is 13.7. The van der Waals surface area contributed by atoms with Crippen LogP contribution in [0.4, 0.5) is 15.8 Å². The van der Waals surface area contributed by atoms with Gasteiger partial charge in [-0.2, -0.15) is 0 Å². The first-order chi connectivity index (χ1) is 12.0. The van der Waals surface area contributed by atoms with Gasteiger partial charge in [0.25, 0.3) is 0 Å². The third kappa shape index (κ3) is 3.44. The molecule has 1 fully saturated rings. The molecule has 2 amide bonds. The summed E-state index contributed by atoms with van der Waals surface area (Å²) in [5.74, 6) is -1.02. The van der Waals surface area contributed by atoms with Crippen molar-refractivity contribution in [2.45, 2.75) is 12.8 Å². The van der Waals surface area contributed by atoms with Crippen molar-refractivity contribution in [1.82, 2.24) is 0 Å². The summed E-state index contributed by atoms with van der Waals surface area (Å²) in [7, 11) is 1.49. The van der Waals surface area contributed by atoms with Gasteiger partial charge in [-0.15, -0.1) is 0 Å². The van der Waals surface area contributed by atoms with Gasteiger partial charge >= 0.3 is 0 Å². The van der Waals surface area contributed by atoms with Gasteiger partial charge in [-0.05, 0) is 43.2 Å². The maximum Gasteiger partial charge on any atom is 0.240 e. The lowest BCUT2D eigenvalue weighted by Gasteiger charge is -2.16. The highest BCUT2D eigenvalue weighted by Gasteiger charge is 2.56. The lowest BCUT2D eigenvalue weighted by molar-refractivity contribution is -0.131. The highest BCUT2D eigenvalue weighted by atomic mass is 35.5. The number of nitrogens with one attached hydrogen (secondary N) is 2. The molecular formula is C18H16ClFN2O3. The Kier molecular flexibility index (Phi) is 4.63. The van der Waals surface area contributed by atoms with E-state index < -0.39 is 23.0 Å². The molecule has 0 aromatic heterocycles. The maximum absolute atomic E-state index is 13.7. The quantitative estimate of drug-likeness (QED) is 0.794. The zero-order valence-corrected chi connectivity index (χ0v) is 14.2. The zero-order chi connectivity index (χ0) is 18.0. The summed E-state index contributed by atoms with van der Waals surface area (Å²) in [4.78, 5) is 25.0. The first-order valence-electron chi connectivity index (χ1n) is 7.67. The van der Waals surface area contributed by atoms with Gasteiger partial charge in [0, 0.05) is 5.69 Å². The number of amides is 2. The van der Waals surface area contributed by atoms with E-state index in [1.54, 1.807) is 24.3 Å². The Labute approximate surface area is 149 Å². The first-order valence-corrected chi connectivity index (χ1v) is 8.05.